The van der Waals surface area contributed by atoms with Gasteiger partial charge in [-0.25, -0.2) is 9.97 Å². The fraction of sp³-hybridized carbons (Fsp3) is 0.130. The van der Waals surface area contributed by atoms with E-state index in [1.54, 1.807) is 24.3 Å². The molecule has 4 aromatic rings. The predicted molar refractivity (Wildman–Crippen MR) is 116 cm³/mol. The number of aromatic amines is 1. The average Bonchev–Trinajstić information content (AvgIpc) is 3.17. The molecule has 0 unspecified atom stereocenters. The molecule has 2 aromatic carbocycles. The van der Waals surface area contributed by atoms with Gasteiger partial charge in [0.25, 0.3) is 5.91 Å². The van der Waals surface area contributed by atoms with Gasteiger partial charge in [0, 0.05) is 41.1 Å². The van der Waals surface area contributed by atoms with Gasteiger partial charge in [-0.3, -0.25) is 9.59 Å². The van der Waals surface area contributed by atoms with Gasteiger partial charge in [-0.15, -0.1) is 0 Å². The number of rotatable bonds is 7. The van der Waals surface area contributed by atoms with Crippen LogP contribution in [0, 0.1) is 0 Å². The van der Waals surface area contributed by atoms with Crippen molar-refractivity contribution in [1.82, 2.24) is 20.3 Å². The van der Waals surface area contributed by atoms with Gasteiger partial charge < -0.3 is 15.6 Å². The topological polar surface area (TPSA) is 99.8 Å². The number of nitrogens with one attached hydrogen (secondary N) is 3. The molecule has 0 radical (unpaired) electrons. The number of hydrogen-bond donors (Lipinski definition) is 3. The van der Waals surface area contributed by atoms with E-state index in [0.717, 1.165) is 16.5 Å². The third kappa shape index (κ3) is 4.35. The van der Waals surface area contributed by atoms with Crippen LogP contribution in [0.25, 0.3) is 10.9 Å². The van der Waals surface area contributed by atoms with Crippen molar-refractivity contribution in [2.75, 3.05) is 11.9 Å². The molecule has 0 saturated carbocycles. The molecule has 2 aromatic heterocycles. The van der Waals surface area contributed by atoms with Crippen molar-refractivity contribution in [1.29, 1.82) is 0 Å². The Morgan fingerprint density at radius 2 is 1.93 bits per heavy atom. The van der Waals surface area contributed by atoms with Gasteiger partial charge in [-0.05, 0) is 43.2 Å². The van der Waals surface area contributed by atoms with E-state index in [1.165, 1.54) is 13.1 Å². The van der Waals surface area contributed by atoms with Crippen molar-refractivity contribution in [3.8, 4) is 0 Å². The van der Waals surface area contributed by atoms with Crippen LogP contribution >= 0.6 is 0 Å². The van der Waals surface area contributed by atoms with Crippen LogP contribution in [-0.4, -0.2) is 33.2 Å². The zero-order valence-electron chi connectivity index (χ0n) is 16.5. The fourth-order valence-corrected chi connectivity index (χ4v) is 3.23. The molecule has 0 spiro atoms. The minimum Gasteiger partial charge on any atom is -0.361 e. The molecule has 0 aliphatic carbocycles. The summed E-state index contributed by atoms with van der Waals surface area (Å²) in [5.74, 6) is 0.000608. The zero-order chi connectivity index (χ0) is 20.9. The lowest BCUT2D eigenvalue weighted by molar-refractivity contribution is 0.0948. The lowest BCUT2D eigenvalue weighted by Crippen LogP contribution is -2.26. The SMILES string of the molecule is CC(=O)c1cccc(Nc2nccc(C(=O)NCCc3c[nH]c4ccccc34)n2)c1. The molecule has 0 fully saturated rings. The van der Waals surface area contributed by atoms with E-state index in [9.17, 15) is 9.59 Å². The number of H-pyrrole nitrogens is 1. The van der Waals surface area contributed by atoms with Crippen molar-refractivity contribution < 1.29 is 9.59 Å². The van der Waals surface area contributed by atoms with Gasteiger partial charge in [0.15, 0.2) is 5.78 Å². The van der Waals surface area contributed by atoms with Crippen molar-refractivity contribution in [3.63, 3.8) is 0 Å². The van der Waals surface area contributed by atoms with Crippen LogP contribution in [0.2, 0.25) is 0 Å². The Morgan fingerprint density at radius 3 is 2.80 bits per heavy atom. The van der Waals surface area contributed by atoms with E-state index in [2.05, 4.69) is 31.7 Å². The van der Waals surface area contributed by atoms with Crippen LogP contribution in [0.15, 0.2) is 67.0 Å². The van der Waals surface area contributed by atoms with E-state index in [4.69, 9.17) is 0 Å². The summed E-state index contributed by atoms with van der Waals surface area (Å²) >= 11 is 0. The van der Waals surface area contributed by atoms with E-state index in [1.807, 2.05) is 30.5 Å². The summed E-state index contributed by atoms with van der Waals surface area (Å²) in [4.78, 5) is 35.7. The second-order valence-corrected chi connectivity index (χ2v) is 6.89. The normalized spacial score (nSPS) is 10.7. The van der Waals surface area contributed by atoms with Gasteiger partial charge in [-0.2, -0.15) is 0 Å². The number of Topliss-reactive ketones (excluding diaryl/α,β-unsaturated/α-hetero) is 1. The second-order valence-electron chi connectivity index (χ2n) is 6.89. The Hall–Kier alpha value is -4.00. The first-order valence-corrected chi connectivity index (χ1v) is 9.64. The van der Waals surface area contributed by atoms with Crippen LogP contribution in [0.1, 0.15) is 33.3 Å². The summed E-state index contributed by atoms with van der Waals surface area (Å²) in [5, 5.41) is 7.10. The van der Waals surface area contributed by atoms with E-state index in [-0.39, 0.29) is 17.4 Å². The maximum absolute atomic E-state index is 12.5. The Balaban J connectivity index is 1.39. The van der Waals surface area contributed by atoms with Gasteiger partial charge >= 0.3 is 0 Å². The molecule has 0 saturated heterocycles. The number of para-hydroxylation sites is 1. The molecular formula is C23H21N5O2. The number of aromatic nitrogens is 3. The molecule has 7 heteroatoms. The van der Waals surface area contributed by atoms with Crippen molar-refractivity contribution >= 4 is 34.2 Å². The Labute approximate surface area is 173 Å². The van der Waals surface area contributed by atoms with Crippen molar-refractivity contribution in [2.45, 2.75) is 13.3 Å². The molecule has 0 aliphatic rings. The first kappa shape index (κ1) is 19.3. The molecule has 2 heterocycles. The molecule has 0 bridgehead atoms. The molecule has 0 aliphatic heterocycles. The standard InChI is InChI=1S/C23H21N5O2/c1-15(29)16-5-4-6-18(13-16)27-23-25-12-10-21(28-23)22(30)24-11-9-17-14-26-20-8-3-2-7-19(17)20/h2-8,10,12-14,26H,9,11H2,1H3,(H,24,30)(H,25,27,28). The Morgan fingerprint density at radius 1 is 1.07 bits per heavy atom. The number of fused-ring (bicyclic) bond motifs is 1. The highest BCUT2D eigenvalue weighted by Gasteiger charge is 2.10. The molecule has 7 nitrogen and oxygen atoms in total. The number of hydrogen-bond acceptors (Lipinski definition) is 5. The average molecular weight is 399 g/mol. The maximum atomic E-state index is 12.5. The molecule has 1 amide bonds. The monoisotopic (exact) mass is 399 g/mol. The highest BCUT2D eigenvalue weighted by Crippen LogP contribution is 2.18. The number of carbonyl (C=O) groups is 2. The summed E-state index contributed by atoms with van der Waals surface area (Å²) in [5.41, 5.74) is 3.78. The van der Waals surface area contributed by atoms with Gasteiger partial charge in [-0.1, -0.05) is 30.3 Å². The summed E-state index contributed by atoms with van der Waals surface area (Å²) in [6, 6.07) is 16.7. The number of nitrogens with zero attached hydrogens (tertiary/aromatic N) is 2. The summed E-state index contributed by atoms with van der Waals surface area (Å²) in [7, 11) is 0. The number of benzene rings is 2. The second kappa shape index (κ2) is 8.57. The molecule has 3 N–H and O–H groups in total. The van der Waals surface area contributed by atoms with Crippen LogP contribution < -0.4 is 10.6 Å². The molecule has 30 heavy (non-hydrogen) atoms. The number of amides is 1. The predicted octanol–water partition coefficient (Wildman–Crippen LogP) is 3.88. The molecule has 0 atom stereocenters. The largest absolute Gasteiger partial charge is 0.361 e. The van der Waals surface area contributed by atoms with E-state index >= 15 is 0 Å². The fourth-order valence-electron chi connectivity index (χ4n) is 3.23. The van der Waals surface area contributed by atoms with Crippen LogP contribution in [0.3, 0.4) is 0 Å². The first-order valence-electron chi connectivity index (χ1n) is 9.64. The van der Waals surface area contributed by atoms with Gasteiger partial charge in [0.2, 0.25) is 5.95 Å². The van der Waals surface area contributed by atoms with Gasteiger partial charge in [0.1, 0.15) is 5.69 Å². The Kier molecular flexibility index (Phi) is 5.52. The number of ketones is 1. The highest BCUT2D eigenvalue weighted by molar-refractivity contribution is 5.95. The van der Waals surface area contributed by atoms with Crippen molar-refractivity contribution in [3.05, 3.63) is 83.8 Å². The van der Waals surface area contributed by atoms with Crippen molar-refractivity contribution in [2.24, 2.45) is 0 Å². The molecular weight excluding hydrogens is 378 g/mol. The maximum Gasteiger partial charge on any atom is 0.270 e. The highest BCUT2D eigenvalue weighted by atomic mass is 16.1. The van der Waals surface area contributed by atoms with Gasteiger partial charge in [0.05, 0.1) is 0 Å². The smallest absolute Gasteiger partial charge is 0.270 e. The first-order chi connectivity index (χ1) is 14.6. The minimum absolute atomic E-state index is 0.0251. The van der Waals surface area contributed by atoms with Crippen LogP contribution in [-0.2, 0) is 6.42 Å². The lowest BCUT2D eigenvalue weighted by Gasteiger charge is -2.08. The van der Waals surface area contributed by atoms with E-state index < -0.39 is 0 Å². The molecule has 4 rings (SSSR count). The quantitative estimate of drug-likeness (QED) is 0.410. The Bertz CT molecular complexity index is 1210. The summed E-state index contributed by atoms with van der Waals surface area (Å²) < 4.78 is 0. The van der Waals surface area contributed by atoms with E-state index in [0.29, 0.717) is 30.2 Å². The van der Waals surface area contributed by atoms with Crippen LogP contribution in [0.5, 0.6) is 0 Å². The molecule has 150 valence electrons. The van der Waals surface area contributed by atoms with Crippen LogP contribution in [0.4, 0.5) is 11.6 Å². The zero-order valence-corrected chi connectivity index (χ0v) is 16.5. The third-order valence-electron chi connectivity index (χ3n) is 4.77. The number of anilines is 2. The number of carbonyl (C=O) groups excluding carboxylic acids is 2. The third-order valence-corrected chi connectivity index (χ3v) is 4.77. The minimum atomic E-state index is -0.266. The summed E-state index contributed by atoms with van der Waals surface area (Å²) in [6.07, 6.45) is 4.21. The summed E-state index contributed by atoms with van der Waals surface area (Å²) in [6.45, 7) is 2.00. The lowest BCUT2D eigenvalue weighted by atomic mass is 10.1.